The van der Waals surface area contributed by atoms with E-state index in [4.69, 9.17) is 4.52 Å². The summed E-state index contributed by atoms with van der Waals surface area (Å²) in [6.07, 6.45) is 8.66. The first-order valence-corrected chi connectivity index (χ1v) is 9.55. The smallest absolute Gasteiger partial charge is 0.225 e. The Kier molecular flexibility index (Phi) is 5.76. The average molecular weight is 347 g/mol. The van der Waals surface area contributed by atoms with Gasteiger partial charge in [0.25, 0.3) is 0 Å². The van der Waals surface area contributed by atoms with Crippen LogP contribution in [0.25, 0.3) is 0 Å². The van der Waals surface area contributed by atoms with Gasteiger partial charge in [-0.05, 0) is 33.1 Å². The van der Waals surface area contributed by atoms with Crippen molar-refractivity contribution < 1.29 is 14.1 Å². The maximum atomic E-state index is 12.4. The normalized spacial score (nSPS) is 22.2. The second-order valence-electron chi connectivity index (χ2n) is 7.46. The van der Waals surface area contributed by atoms with Crippen molar-refractivity contribution in [3.05, 3.63) is 17.0 Å². The van der Waals surface area contributed by atoms with Gasteiger partial charge in [-0.25, -0.2) is 0 Å². The van der Waals surface area contributed by atoms with Gasteiger partial charge in [0, 0.05) is 31.0 Å². The van der Waals surface area contributed by atoms with Gasteiger partial charge in [-0.2, -0.15) is 0 Å². The predicted octanol–water partition coefficient (Wildman–Crippen LogP) is 2.66. The molecule has 2 heterocycles. The van der Waals surface area contributed by atoms with Crippen LogP contribution in [0.4, 0.5) is 0 Å². The lowest BCUT2D eigenvalue weighted by Crippen LogP contribution is -2.40. The minimum atomic E-state index is -0.0482. The Hall–Kier alpha value is -1.85. The van der Waals surface area contributed by atoms with E-state index in [1.165, 1.54) is 25.7 Å². The van der Waals surface area contributed by atoms with Crippen molar-refractivity contribution in [3.8, 4) is 0 Å². The molecule has 1 aliphatic carbocycles. The molecule has 2 amide bonds. The maximum Gasteiger partial charge on any atom is 0.225 e. The van der Waals surface area contributed by atoms with Gasteiger partial charge in [0.1, 0.15) is 5.76 Å². The second-order valence-corrected chi connectivity index (χ2v) is 7.46. The molecular weight excluding hydrogens is 318 g/mol. The van der Waals surface area contributed by atoms with Crippen LogP contribution in [0.5, 0.6) is 0 Å². The first kappa shape index (κ1) is 18.0. The molecule has 1 saturated carbocycles. The van der Waals surface area contributed by atoms with Crippen LogP contribution in [0.1, 0.15) is 68.4 Å². The molecule has 0 bridgehead atoms. The Labute approximate surface area is 149 Å². The zero-order valence-electron chi connectivity index (χ0n) is 15.3. The van der Waals surface area contributed by atoms with E-state index in [-0.39, 0.29) is 17.9 Å². The molecule has 1 aliphatic heterocycles. The van der Waals surface area contributed by atoms with Gasteiger partial charge in [0.05, 0.1) is 11.7 Å². The molecule has 3 rings (SSSR count). The maximum absolute atomic E-state index is 12.4. The minimum absolute atomic E-state index is 0.000478. The molecule has 6 heteroatoms. The molecule has 0 spiro atoms. The van der Waals surface area contributed by atoms with Crippen molar-refractivity contribution in [3.63, 3.8) is 0 Å². The summed E-state index contributed by atoms with van der Waals surface area (Å²) in [5.74, 6) is 0.976. The molecular formula is C19H29N3O3. The molecule has 2 fully saturated rings. The van der Waals surface area contributed by atoms with Crippen LogP contribution in [-0.2, 0) is 16.0 Å². The average Bonchev–Trinajstić information content (AvgIpc) is 2.95. The quantitative estimate of drug-likeness (QED) is 0.831. The highest BCUT2D eigenvalue weighted by molar-refractivity contribution is 5.82. The van der Waals surface area contributed by atoms with E-state index in [1.807, 2.05) is 18.7 Å². The summed E-state index contributed by atoms with van der Waals surface area (Å²) in [6.45, 7) is 4.43. The summed E-state index contributed by atoms with van der Waals surface area (Å²) in [7, 11) is 0. The fourth-order valence-corrected chi connectivity index (χ4v) is 4.15. The second kappa shape index (κ2) is 8.02. The fraction of sp³-hybridized carbons (Fsp3) is 0.737. The molecule has 1 saturated heterocycles. The number of rotatable bonds is 5. The summed E-state index contributed by atoms with van der Waals surface area (Å²) < 4.78 is 5.13. The predicted molar refractivity (Wildman–Crippen MR) is 94.0 cm³/mol. The Balaban J connectivity index is 1.48. The number of aromatic nitrogens is 1. The topological polar surface area (TPSA) is 75.4 Å². The minimum Gasteiger partial charge on any atom is -0.361 e. The van der Waals surface area contributed by atoms with Gasteiger partial charge in [0.15, 0.2) is 0 Å². The van der Waals surface area contributed by atoms with Gasteiger partial charge in [-0.3, -0.25) is 9.59 Å². The largest absolute Gasteiger partial charge is 0.361 e. The van der Waals surface area contributed by atoms with Gasteiger partial charge in [0.2, 0.25) is 11.8 Å². The number of hydrogen-bond donors (Lipinski definition) is 1. The third-order valence-corrected chi connectivity index (χ3v) is 5.57. The van der Waals surface area contributed by atoms with E-state index in [1.54, 1.807) is 0 Å². The van der Waals surface area contributed by atoms with Gasteiger partial charge in [-0.1, -0.05) is 30.8 Å². The van der Waals surface area contributed by atoms with Crippen molar-refractivity contribution in [1.29, 1.82) is 0 Å². The zero-order chi connectivity index (χ0) is 17.8. The zero-order valence-corrected chi connectivity index (χ0v) is 15.3. The van der Waals surface area contributed by atoms with Gasteiger partial charge < -0.3 is 14.7 Å². The van der Waals surface area contributed by atoms with E-state index in [0.29, 0.717) is 31.8 Å². The van der Waals surface area contributed by atoms with Gasteiger partial charge >= 0.3 is 0 Å². The highest BCUT2D eigenvalue weighted by Crippen LogP contribution is 2.26. The Bertz CT molecular complexity index is 598. The SMILES string of the molecule is Cc1noc(C)c1CCC(=O)N[C@@H]1CC(=O)N(C2CCCCCC2)C1. The molecule has 1 atom stereocenters. The van der Waals surface area contributed by atoms with Crippen molar-refractivity contribution in [2.24, 2.45) is 0 Å². The molecule has 2 aliphatic rings. The Morgan fingerprint density at radius 1 is 1.24 bits per heavy atom. The van der Waals surface area contributed by atoms with E-state index >= 15 is 0 Å². The number of carbonyl (C=O) groups is 2. The molecule has 0 aromatic carbocycles. The summed E-state index contributed by atoms with van der Waals surface area (Å²) in [5, 5.41) is 6.96. The number of carbonyl (C=O) groups excluding carboxylic acids is 2. The molecule has 1 aromatic rings. The summed E-state index contributed by atoms with van der Waals surface area (Å²) >= 11 is 0. The highest BCUT2D eigenvalue weighted by Gasteiger charge is 2.35. The fourth-order valence-electron chi connectivity index (χ4n) is 4.15. The molecule has 1 aromatic heterocycles. The lowest BCUT2D eigenvalue weighted by molar-refractivity contribution is -0.129. The third kappa shape index (κ3) is 4.41. The van der Waals surface area contributed by atoms with E-state index in [9.17, 15) is 9.59 Å². The molecule has 0 radical (unpaired) electrons. The number of nitrogens with zero attached hydrogens (tertiary/aromatic N) is 2. The summed E-state index contributed by atoms with van der Waals surface area (Å²) in [6, 6.07) is 0.326. The molecule has 0 unspecified atom stereocenters. The summed E-state index contributed by atoms with van der Waals surface area (Å²) in [5.41, 5.74) is 1.86. The van der Waals surface area contributed by atoms with Crippen LogP contribution < -0.4 is 5.32 Å². The van der Waals surface area contributed by atoms with Crippen molar-refractivity contribution in [2.75, 3.05) is 6.54 Å². The van der Waals surface area contributed by atoms with Crippen LogP contribution in [0, 0.1) is 13.8 Å². The Morgan fingerprint density at radius 2 is 1.96 bits per heavy atom. The van der Waals surface area contributed by atoms with Crippen LogP contribution >= 0.6 is 0 Å². The van der Waals surface area contributed by atoms with Gasteiger partial charge in [-0.15, -0.1) is 0 Å². The monoisotopic (exact) mass is 347 g/mol. The van der Waals surface area contributed by atoms with Crippen LogP contribution in [0.3, 0.4) is 0 Å². The standard InChI is InChI=1S/C19H29N3O3/c1-13-17(14(2)25-21-13)9-10-18(23)20-15-11-19(24)22(12-15)16-7-5-3-4-6-8-16/h15-16H,3-12H2,1-2H3,(H,20,23)/t15-/m1/s1. The van der Waals surface area contributed by atoms with Crippen molar-refractivity contribution in [1.82, 2.24) is 15.4 Å². The number of amides is 2. The number of hydrogen-bond acceptors (Lipinski definition) is 4. The molecule has 138 valence electrons. The molecule has 1 N–H and O–H groups in total. The van der Waals surface area contributed by atoms with Crippen LogP contribution in [0.2, 0.25) is 0 Å². The molecule has 25 heavy (non-hydrogen) atoms. The number of aryl methyl sites for hydroxylation is 2. The number of nitrogens with one attached hydrogen (secondary N) is 1. The van der Waals surface area contributed by atoms with Crippen LogP contribution in [0.15, 0.2) is 4.52 Å². The first-order valence-electron chi connectivity index (χ1n) is 9.55. The van der Waals surface area contributed by atoms with E-state index in [2.05, 4.69) is 10.5 Å². The number of likely N-dealkylation sites (tertiary alicyclic amines) is 1. The van der Waals surface area contributed by atoms with E-state index < -0.39 is 0 Å². The van der Waals surface area contributed by atoms with Crippen molar-refractivity contribution in [2.45, 2.75) is 83.7 Å². The van der Waals surface area contributed by atoms with E-state index in [0.717, 1.165) is 29.9 Å². The lowest BCUT2D eigenvalue weighted by atomic mass is 10.1. The highest BCUT2D eigenvalue weighted by atomic mass is 16.5. The summed E-state index contributed by atoms with van der Waals surface area (Å²) in [4.78, 5) is 26.7. The van der Waals surface area contributed by atoms with Crippen LogP contribution in [-0.4, -0.2) is 40.5 Å². The lowest BCUT2D eigenvalue weighted by Gasteiger charge is -2.27. The Morgan fingerprint density at radius 3 is 2.60 bits per heavy atom. The van der Waals surface area contributed by atoms with Crippen molar-refractivity contribution >= 4 is 11.8 Å². The third-order valence-electron chi connectivity index (χ3n) is 5.57. The molecule has 6 nitrogen and oxygen atoms in total. The first-order chi connectivity index (χ1) is 12.0.